The van der Waals surface area contributed by atoms with Crippen molar-refractivity contribution in [2.24, 2.45) is 40.4 Å². The third-order valence-corrected chi connectivity index (χ3v) is 9.69. The number of allylic oxidation sites excluding steroid dienone is 1. The molecule has 0 heterocycles. The number of rotatable bonds is 3. The highest BCUT2D eigenvalue weighted by Gasteiger charge is 2.64. The van der Waals surface area contributed by atoms with Gasteiger partial charge in [0.15, 0.2) is 0 Å². The summed E-state index contributed by atoms with van der Waals surface area (Å²) >= 11 is 0. The van der Waals surface area contributed by atoms with Crippen molar-refractivity contribution < 1.29 is 19.1 Å². The zero-order valence-corrected chi connectivity index (χ0v) is 18.6. The number of hydrogen-bond donors (Lipinski definition) is 0. The van der Waals surface area contributed by atoms with Gasteiger partial charge in [-0.15, -0.1) is 6.58 Å². The summed E-state index contributed by atoms with van der Waals surface area (Å²) < 4.78 is 11.6. The van der Waals surface area contributed by atoms with Gasteiger partial charge in [-0.3, -0.25) is 9.59 Å². The van der Waals surface area contributed by atoms with Gasteiger partial charge >= 0.3 is 11.9 Å². The first-order chi connectivity index (χ1) is 13.7. The topological polar surface area (TPSA) is 52.6 Å². The Morgan fingerprint density at radius 3 is 2.31 bits per heavy atom. The Hall–Kier alpha value is -1.32. The van der Waals surface area contributed by atoms with Crippen LogP contribution in [0.2, 0.25) is 0 Å². The molecule has 0 saturated heterocycles. The molecule has 0 spiro atoms. The Bertz CT molecular complexity index is 686. The summed E-state index contributed by atoms with van der Waals surface area (Å²) in [6.45, 7) is 12.0. The summed E-state index contributed by atoms with van der Waals surface area (Å²) in [4.78, 5) is 23.5. The van der Waals surface area contributed by atoms with E-state index in [9.17, 15) is 9.59 Å². The summed E-state index contributed by atoms with van der Waals surface area (Å²) in [5.74, 6) is 2.63. The van der Waals surface area contributed by atoms with Crippen LogP contribution in [0.4, 0.5) is 0 Å². The molecule has 0 aromatic rings. The molecule has 4 aliphatic carbocycles. The fraction of sp³-hybridized carbons (Fsp3) is 0.840. The van der Waals surface area contributed by atoms with Crippen molar-refractivity contribution in [1.82, 2.24) is 0 Å². The van der Waals surface area contributed by atoms with E-state index in [0.717, 1.165) is 25.7 Å². The Balaban J connectivity index is 1.62. The quantitative estimate of drug-likeness (QED) is 0.474. The Morgan fingerprint density at radius 1 is 0.931 bits per heavy atom. The molecule has 9 atom stereocenters. The molecule has 4 saturated carbocycles. The maximum atomic E-state index is 12.0. The fourth-order valence-corrected chi connectivity index (χ4v) is 8.31. The first kappa shape index (κ1) is 20.9. The van der Waals surface area contributed by atoms with Gasteiger partial charge in [-0.05, 0) is 86.4 Å². The van der Waals surface area contributed by atoms with Gasteiger partial charge in [-0.2, -0.15) is 0 Å². The lowest BCUT2D eigenvalue weighted by Gasteiger charge is -2.62. The standard InChI is InChI=1S/C25H38O4/c1-6-17-8-10-21-20-9-7-18-13-19(28-15(2)26)11-12-24(18,4)22(20)14-23(25(17,21)5)29-16(3)27/h6,17-23H,1,7-14H2,2-5H3/t17-,18+,19+,20-,21-,22-,23+,24+,25+/m1/s1. The maximum absolute atomic E-state index is 12.0. The van der Waals surface area contributed by atoms with Crippen LogP contribution in [0, 0.1) is 40.4 Å². The second-order valence-corrected chi connectivity index (χ2v) is 10.8. The predicted molar refractivity (Wildman–Crippen MR) is 112 cm³/mol. The fourth-order valence-electron chi connectivity index (χ4n) is 8.31. The molecule has 0 amide bonds. The molecule has 4 rings (SSSR count). The summed E-state index contributed by atoms with van der Waals surface area (Å²) in [5.41, 5.74) is 0.276. The maximum Gasteiger partial charge on any atom is 0.302 e. The number of fused-ring (bicyclic) bond motifs is 5. The SMILES string of the molecule is C=C[C@@H]1CC[C@@H]2[C@H]3CC[C@H]4C[C@@H](OC(C)=O)CC[C@]4(C)[C@@H]3C[C@H](OC(C)=O)[C@@]12C. The van der Waals surface area contributed by atoms with Crippen LogP contribution in [0.25, 0.3) is 0 Å². The minimum Gasteiger partial charge on any atom is -0.463 e. The van der Waals surface area contributed by atoms with Crippen LogP contribution in [0.15, 0.2) is 12.7 Å². The van der Waals surface area contributed by atoms with E-state index in [1.165, 1.54) is 32.6 Å². The second-order valence-electron chi connectivity index (χ2n) is 10.8. The highest BCUT2D eigenvalue weighted by Crippen LogP contribution is 2.68. The van der Waals surface area contributed by atoms with Crippen LogP contribution in [-0.4, -0.2) is 24.1 Å². The van der Waals surface area contributed by atoms with Crippen LogP contribution in [0.1, 0.15) is 79.1 Å². The highest BCUT2D eigenvalue weighted by molar-refractivity contribution is 5.66. The van der Waals surface area contributed by atoms with E-state index in [-0.39, 0.29) is 35.0 Å². The van der Waals surface area contributed by atoms with E-state index in [2.05, 4.69) is 26.5 Å². The van der Waals surface area contributed by atoms with Crippen molar-refractivity contribution >= 4 is 11.9 Å². The van der Waals surface area contributed by atoms with Crippen molar-refractivity contribution in [1.29, 1.82) is 0 Å². The average molecular weight is 403 g/mol. The monoisotopic (exact) mass is 402 g/mol. The van der Waals surface area contributed by atoms with Crippen LogP contribution in [0.3, 0.4) is 0 Å². The molecule has 4 heteroatoms. The first-order valence-corrected chi connectivity index (χ1v) is 11.7. The van der Waals surface area contributed by atoms with Crippen molar-refractivity contribution in [2.45, 2.75) is 91.3 Å². The molecule has 4 fully saturated rings. The van der Waals surface area contributed by atoms with Gasteiger partial charge in [-0.1, -0.05) is 19.9 Å². The van der Waals surface area contributed by atoms with Crippen LogP contribution < -0.4 is 0 Å². The third kappa shape index (κ3) is 3.25. The smallest absolute Gasteiger partial charge is 0.302 e. The number of carbonyl (C=O) groups excluding carboxylic acids is 2. The Labute approximate surface area is 175 Å². The summed E-state index contributed by atoms with van der Waals surface area (Å²) in [6.07, 6.45) is 11.1. The normalized spacial score (nSPS) is 48.6. The zero-order chi connectivity index (χ0) is 21.0. The largest absolute Gasteiger partial charge is 0.463 e. The van der Waals surface area contributed by atoms with Gasteiger partial charge in [0.05, 0.1) is 0 Å². The van der Waals surface area contributed by atoms with Gasteiger partial charge in [0.25, 0.3) is 0 Å². The lowest BCUT2D eigenvalue weighted by Crippen LogP contribution is -2.59. The minimum atomic E-state index is -0.155. The molecule has 0 unspecified atom stereocenters. The highest BCUT2D eigenvalue weighted by atomic mass is 16.5. The Morgan fingerprint density at radius 2 is 1.66 bits per heavy atom. The van der Waals surface area contributed by atoms with Crippen LogP contribution in [0.5, 0.6) is 0 Å². The summed E-state index contributed by atoms with van der Waals surface area (Å²) in [6, 6.07) is 0. The molecular weight excluding hydrogens is 364 g/mol. The van der Waals surface area contributed by atoms with E-state index in [0.29, 0.717) is 29.6 Å². The van der Waals surface area contributed by atoms with Gasteiger partial charge < -0.3 is 9.47 Å². The zero-order valence-electron chi connectivity index (χ0n) is 18.6. The van der Waals surface area contributed by atoms with Crippen LogP contribution >= 0.6 is 0 Å². The lowest BCUT2D eigenvalue weighted by atomic mass is 9.44. The van der Waals surface area contributed by atoms with Crippen molar-refractivity contribution in [2.75, 3.05) is 0 Å². The van der Waals surface area contributed by atoms with Crippen LogP contribution in [-0.2, 0) is 19.1 Å². The number of carbonyl (C=O) groups is 2. The molecule has 4 nitrogen and oxygen atoms in total. The molecule has 0 N–H and O–H groups in total. The number of ether oxygens (including phenoxy) is 2. The molecule has 0 bridgehead atoms. The molecule has 29 heavy (non-hydrogen) atoms. The average Bonchev–Trinajstić information content (AvgIpc) is 2.99. The van der Waals surface area contributed by atoms with Gasteiger partial charge in [0.1, 0.15) is 12.2 Å². The van der Waals surface area contributed by atoms with E-state index in [1.807, 2.05) is 0 Å². The number of hydrogen-bond acceptors (Lipinski definition) is 4. The van der Waals surface area contributed by atoms with E-state index >= 15 is 0 Å². The molecule has 0 aromatic heterocycles. The molecule has 162 valence electrons. The summed E-state index contributed by atoms with van der Waals surface area (Å²) in [7, 11) is 0. The Kier molecular flexibility index (Phi) is 5.36. The van der Waals surface area contributed by atoms with Gasteiger partial charge in [0, 0.05) is 19.3 Å². The lowest BCUT2D eigenvalue weighted by molar-refractivity contribution is -0.192. The molecule has 0 aromatic carbocycles. The molecule has 0 aliphatic heterocycles. The third-order valence-electron chi connectivity index (χ3n) is 9.69. The van der Waals surface area contributed by atoms with E-state index < -0.39 is 0 Å². The molecule has 4 aliphatic rings. The first-order valence-electron chi connectivity index (χ1n) is 11.7. The van der Waals surface area contributed by atoms with Crippen molar-refractivity contribution in [3.63, 3.8) is 0 Å². The van der Waals surface area contributed by atoms with E-state index in [4.69, 9.17) is 9.47 Å². The number of esters is 2. The van der Waals surface area contributed by atoms with Gasteiger partial charge in [0.2, 0.25) is 0 Å². The van der Waals surface area contributed by atoms with E-state index in [1.54, 1.807) is 6.92 Å². The summed E-state index contributed by atoms with van der Waals surface area (Å²) in [5, 5.41) is 0. The van der Waals surface area contributed by atoms with Crippen molar-refractivity contribution in [3.05, 3.63) is 12.7 Å². The second kappa shape index (κ2) is 7.42. The predicted octanol–water partition coefficient (Wildman–Crippen LogP) is 5.30. The minimum absolute atomic E-state index is 0.0153. The molecular formula is C25H38O4. The molecule has 0 radical (unpaired) electrons. The van der Waals surface area contributed by atoms with Crippen molar-refractivity contribution in [3.8, 4) is 0 Å². The van der Waals surface area contributed by atoms with Gasteiger partial charge in [-0.25, -0.2) is 0 Å².